The molecule has 94 valence electrons. The summed E-state index contributed by atoms with van der Waals surface area (Å²) in [6, 6.07) is -0.501. The predicted molar refractivity (Wildman–Crippen MR) is 58.0 cm³/mol. The van der Waals surface area contributed by atoms with E-state index >= 15 is 0 Å². The molecule has 0 atom stereocenters. The van der Waals surface area contributed by atoms with Crippen molar-refractivity contribution in [3.63, 3.8) is 0 Å². The molecule has 0 unspecified atom stereocenters. The first-order valence-electron chi connectivity index (χ1n) is 4.88. The SMILES string of the molecule is CNC(=O)c1ncn2c1NNN(CCF)C2=O.[HH]. The van der Waals surface area contributed by atoms with Crippen LogP contribution in [0.4, 0.5) is 15.0 Å². The Bertz CT molecular complexity index is 464. The Morgan fingerprint density at radius 2 is 2.47 bits per heavy atom. The fourth-order valence-corrected chi connectivity index (χ4v) is 1.43. The van der Waals surface area contributed by atoms with Gasteiger partial charge in [0.05, 0.1) is 6.54 Å². The minimum atomic E-state index is -0.674. The number of imidazole rings is 1. The second kappa shape index (κ2) is 4.37. The van der Waals surface area contributed by atoms with E-state index in [1.165, 1.54) is 13.4 Å². The minimum absolute atomic E-state index is 0. The van der Waals surface area contributed by atoms with Crippen LogP contribution in [0, 0.1) is 0 Å². The van der Waals surface area contributed by atoms with Crippen LogP contribution in [0.25, 0.3) is 0 Å². The number of rotatable bonds is 3. The molecule has 0 radical (unpaired) electrons. The van der Waals surface area contributed by atoms with Crippen molar-refractivity contribution in [3.05, 3.63) is 12.0 Å². The van der Waals surface area contributed by atoms with Crippen LogP contribution in [0.3, 0.4) is 0 Å². The number of hydrogen-bond acceptors (Lipinski definition) is 5. The first kappa shape index (κ1) is 11.3. The highest BCUT2D eigenvalue weighted by atomic mass is 19.1. The summed E-state index contributed by atoms with van der Waals surface area (Å²) in [6.07, 6.45) is 1.21. The molecule has 3 N–H and O–H groups in total. The van der Waals surface area contributed by atoms with E-state index in [1.54, 1.807) is 0 Å². The number of halogens is 1. The lowest BCUT2D eigenvalue weighted by atomic mass is 10.4. The summed E-state index contributed by atoms with van der Waals surface area (Å²) < 4.78 is 13.3. The molecular weight excluding hydrogens is 231 g/mol. The standard InChI is InChI=1S/C8H11FN6O2.H2/c1-10-7(16)5-6-12-13-15(3-2-9)8(17)14(6)4-11-5;/h4,12-13H,2-3H2,1H3,(H,10,16);1H. The van der Waals surface area contributed by atoms with Gasteiger partial charge in [-0.3, -0.25) is 10.2 Å². The first-order chi connectivity index (χ1) is 8.19. The van der Waals surface area contributed by atoms with E-state index in [2.05, 4.69) is 21.3 Å². The highest BCUT2D eigenvalue weighted by Crippen LogP contribution is 2.17. The Morgan fingerprint density at radius 1 is 1.71 bits per heavy atom. The number of aromatic nitrogens is 2. The molecule has 1 aromatic rings. The molecule has 1 aromatic heterocycles. The highest BCUT2D eigenvalue weighted by Gasteiger charge is 2.28. The van der Waals surface area contributed by atoms with Crippen LogP contribution in [0.15, 0.2) is 6.33 Å². The van der Waals surface area contributed by atoms with Crippen LogP contribution in [0.2, 0.25) is 0 Å². The third kappa shape index (κ3) is 1.80. The van der Waals surface area contributed by atoms with Crippen molar-refractivity contribution in [2.75, 3.05) is 25.7 Å². The zero-order valence-corrected chi connectivity index (χ0v) is 9.03. The number of alkyl halides is 1. The molecule has 8 nitrogen and oxygen atoms in total. The molecular formula is C8H13FN6O2. The van der Waals surface area contributed by atoms with E-state index in [9.17, 15) is 14.0 Å². The lowest BCUT2D eigenvalue weighted by Crippen LogP contribution is -2.53. The van der Waals surface area contributed by atoms with E-state index in [0.717, 1.165) is 9.58 Å². The zero-order valence-electron chi connectivity index (χ0n) is 9.03. The Balaban J connectivity index is 0.00000162. The molecule has 17 heavy (non-hydrogen) atoms. The quantitative estimate of drug-likeness (QED) is 0.671. The summed E-state index contributed by atoms with van der Waals surface area (Å²) in [6.45, 7) is -0.772. The summed E-state index contributed by atoms with van der Waals surface area (Å²) in [7, 11) is 1.46. The van der Waals surface area contributed by atoms with Crippen molar-refractivity contribution in [1.29, 1.82) is 0 Å². The molecule has 0 saturated heterocycles. The number of hydrazine groups is 2. The molecule has 1 aliphatic heterocycles. The summed E-state index contributed by atoms with van der Waals surface area (Å²) in [5, 5.41) is 3.45. The van der Waals surface area contributed by atoms with Crippen molar-refractivity contribution in [3.8, 4) is 0 Å². The minimum Gasteiger partial charge on any atom is -0.354 e. The van der Waals surface area contributed by atoms with Gasteiger partial charge in [-0.2, -0.15) is 0 Å². The average Bonchev–Trinajstić information content (AvgIpc) is 2.76. The maximum atomic E-state index is 12.2. The van der Waals surface area contributed by atoms with Gasteiger partial charge in [-0.05, 0) is 0 Å². The van der Waals surface area contributed by atoms with Gasteiger partial charge in [0.15, 0.2) is 11.5 Å². The largest absolute Gasteiger partial charge is 0.354 e. The van der Waals surface area contributed by atoms with Crippen LogP contribution in [0.1, 0.15) is 11.9 Å². The number of amides is 2. The molecule has 9 heteroatoms. The van der Waals surface area contributed by atoms with Gasteiger partial charge in [0.1, 0.15) is 13.0 Å². The summed E-state index contributed by atoms with van der Waals surface area (Å²) in [5.41, 5.74) is 5.20. The lowest BCUT2D eigenvalue weighted by molar-refractivity contribution is 0.0959. The number of carbonyl (C=O) groups excluding carboxylic acids is 2. The van der Waals surface area contributed by atoms with Gasteiger partial charge in [0.2, 0.25) is 0 Å². The molecule has 0 spiro atoms. The second-order valence-corrected chi connectivity index (χ2v) is 3.25. The average molecular weight is 244 g/mol. The third-order valence-corrected chi connectivity index (χ3v) is 2.26. The van der Waals surface area contributed by atoms with E-state index in [4.69, 9.17) is 0 Å². The van der Waals surface area contributed by atoms with Gasteiger partial charge in [-0.1, -0.05) is 0 Å². The number of nitrogens with one attached hydrogen (secondary N) is 3. The molecule has 0 saturated carbocycles. The van der Waals surface area contributed by atoms with Gasteiger partial charge in [0.25, 0.3) is 5.91 Å². The normalized spacial score (nSPS) is 14.2. The fourth-order valence-electron chi connectivity index (χ4n) is 1.43. The molecule has 2 amide bonds. The van der Waals surface area contributed by atoms with Gasteiger partial charge >= 0.3 is 6.03 Å². The molecule has 0 bridgehead atoms. The zero-order chi connectivity index (χ0) is 12.4. The van der Waals surface area contributed by atoms with Gasteiger partial charge in [-0.15, -0.1) is 5.53 Å². The second-order valence-electron chi connectivity index (χ2n) is 3.25. The van der Waals surface area contributed by atoms with Crippen LogP contribution in [0.5, 0.6) is 0 Å². The van der Waals surface area contributed by atoms with Gasteiger partial charge in [0, 0.05) is 8.47 Å². The predicted octanol–water partition coefficient (Wildman–Crippen LogP) is -0.427. The summed E-state index contributed by atoms with van der Waals surface area (Å²) in [5.74, 6) is -0.191. The Morgan fingerprint density at radius 3 is 3.12 bits per heavy atom. The summed E-state index contributed by atoms with van der Waals surface area (Å²) in [4.78, 5) is 27.0. The fraction of sp³-hybridized carbons (Fsp3) is 0.375. The van der Waals surface area contributed by atoms with Crippen LogP contribution in [-0.4, -0.2) is 46.8 Å². The van der Waals surface area contributed by atoms with Gasteiger partial charge < -0.3 is 5.32 Å². The number of hydrogen-bond donors (Lipinski definition) is 3. The monoisotopic (exact) mass is 244 g/mol. The summed E-state index contributed by atoms with van der Waals surface area (Å²) >= 11 is 0. The van der Waals surface area contributed by atoms with E-state index in [0.29, 0.717) is 0 Å². The van der Waals surface area contributed by atoms with E-state index < -0.39 is 18.6 Å². The Kier molecular flexibility index (Phi) is 2.91. The van der Waals surface area contributed by atoms with Gasteiger partial charge in [-0.25, -0.2) is 23.7 Å². The maximum absolute atomic E-state index is 12.2. The third-order valence-electron chi connectivity index (χ3n) is 2.26. The van der Waals surface area contributed by atoms with E-state index in [-0.39, 0.29) is 19.5 Å². The number of fused-ring (bicyclic) bond motifs is 1. The Labute approximate surface area is 97.2 Å². The highest BCUT2D eigenvalue weighted by molar-refractivity contribution is 5.99. The number of anilines is 1. The molecule has 0 aliphatic carbocycles. The molecule has 0 aromatic carbocycles. The van der Waals surface area contributed by atoms with Crippen LogP contribution in [-0.2, 0) is 0 Å². The molecule has 1 aliphatic rings. The molecule has 2 heterocycles. The van der Waals surface area contributed by atoms with Crippen molar-refractivity contribution in [1.82, 2.24) is 25.4 Å². The number of nitrogens with zero attached hydrogens (tertiary/aromatic N) is 3. The van der Waals surface area contributed by atoms with Crippen LogP contribution >= 0.6 is 0 Å². The van der Waals surface area contributed by atoms with Crippen molar-refractivity contribution in [2.24, 2.45) is 0 Å². The Hall–Kier alpha value is -2.16. The van der Waals surface area contributed by atoms with Crippen molar-refractivity contribution >= 4 is 17.8 Å². The topological polar surface area (TPSA) is 91.3 Å². The maximum Gasteiger partial charge on any atom is 0.346 e. The van der Waals surface area contributed by atoms with E-state index in [1.807, 2.05) is 0 Å². The number of carbonyl (C=O) groups is 2. The smallest absolute Gasteiger partial charge is 0.346 e. The van der Waals surface area contributed by atoms with Crippen LogP contribution < -0.4 is 16.3 Å². The van der Waals surface area contributed by atoms with Crippen molar-refractivity contribution < 1.29 is 15.4 Å². The lowest BCUT2D eigenvalue weighted by Gasteiger charge is -2.28. The first-order valence-corrected chi connectivity index (χ1v) is 4.88. The molecule has 0 fully saturated rings. The van der Waals surface area contributed by atoms with Crippen molar-refractivity contribution in [2.45, 2.75) is 0 Å². The molecule has 2 rings (SSSR count).